The van der Waals surface area contributed by atoms with Gasteiger partial charge in [0.05, 0.1) is 5.54 Å². The first-order valence-corrected chi connectivity index (χ1v) is 2.72. The maximum Gasteiger partial charge on any atom is 0.413 e. The Balaban J connectivity index is 2.81. The van der Waals surface area contributed by atoms with Crippen LogP contribution in [0.1, 0.15) is 13.8 Å². The number of carbonyl (C=O) groups excluding carboxylic acids is 1. The van der Waals surface area contributed by atoms with Crippen molar-refractivity contribution in [1.29, 1.82) is 0 Å². The molecule has 1 saturated heterocycles. The highest BCUT2D eigenvalue weighted by Crippen LogP contribution is 2.20. The summed E-state index contributed by atoms with van der Waals surface area (Å²) >= 11 is 0. The van der Waals surface area contributed by atoms with E-state index < -0.39 is 11.6 Å². The summed E-state index contributed by atoms with van der Waals surface area (Å²) in [5.74, 6) is 0.479. The number of alkyl carbamates (subject to hydrolysis) is 1. The molecule has 0 aromatic heterocycles. The summed E-state index contributed by atoms with van der Waals surface area (Å²) in [4.78, 5) is 10.5. The summed E-state index contributed by atoms with van der Waals surface area (Å²) in [6.45, 7) is 7.22. The molecule has 9 heavy (non-hydrogen) atoms. The van der Waals surface area contributed by atoms with Crippen LogP contribution in [0.2, 0.25) is 0 Å². The fraction of sp³-hybridized carbons (Fsp3) is 0.500. The standard InChI is InChI=1S/C6H9NO2/c1-4-6(2,3)7-5(8)9-4/h1H2,2-3H3,(H,7,8). The fourth-order valence-corrected chi connectivity index (χ4v) is 0.590. The van der Waals surface area contributed by atoms with Gasteiger partial charge in [-0.15, -0.1) is 0 Å². The van der Waals surface area contributed by atoms with E-state index in [1.807, 2.05) is 13.8 Å². The van der Waals surface area contributed by atoms with E-state index >= 15 is 0 Å². The van der Waals surface area contributed by atoms with Crippen molar-refractivity contribution in [3.63, 3.8) is 0 Å². The van der Waals surface area contributed by atoms with Crippen LogP contribution in [0.4, 0.5) is 4.79 Å². The average molecular weight is 127 g/mol. The lowest BCUT2D eigenvalue weighted by molar-refractivity contribution is 0.195. The van der Waals surface area contributed by atoms with Crippen molar-refractivity contribution in [1.82, 2.24) is 5.32 Å². The molecule has 3 heteroatoms. The molecule has 1 rings (SSSR count). The smallest absolute Gasteiger partial charge is 0.413 e. The number of hydrogen-bond acceptors (Lipinski definition) is 2. The third-order valence-corrected chi connectivity index (χ3v) is 1.33. The van der Waals surface area contributed by atoms with Crippen LogP contribution in [-0.2, 0) is 4.74 Å². The van der Waals surface area contributed by atoms with Gasteiger partial charge in [-0.25, -0.2) is 4.79 Å². The first-order chi connectivity index (χ1) is 4.02. The zero-order valence-electron chi connectivity index (χ0n) is 5.52. The lowest BCUT2D eigenvalue weighted by atomic mass is 10.1. The maximum atomic E-state index is 10.5. The SMILES string of the molecule is C=C1OC(=O)NC1(C)C. The molecule has 0 aliphatic carbocycles. The van der Waals surface area contributed by atoms with Gasteiger partial charge in [0.25, 0.3) is 0 Å². The largest absolute Gasteiger partial charge is 0.413 e. The van der Waals surface area contributed by atoms with Crippen molar-refractivity contribution < 1.29 is 9.53 Å². The molecule has 0 bridgehead atoms. The molecule has 0 aromatic rings. The molecule has 1 heterocycles. The number of rotatable bonds is 0. The summed E-state index contributed by atoms with van der Waals surface area (Å²) in [6, 6.07) is 0. The van der Waals surface area contributed by atoms with E-state index in [1.54, 1.807) is 0 Å². The molecule has 1 N–H and O–H groups in total. The predicted molar refractivity (Wildman–Crippen MR) is 32.8 cm³/mol. The number of carbonyl (C=O) groups is 1. The number of amides is 1. The fourth-order valence-electron chi connectivity index (χ4n) is 0.590. The summed E-state index contributed by atoms with van der Waals surface area (Å²) < 4.78 is 4.63. The number of cyclic esters (lactones) is 1. The topological polar surface area (TPSA) is 38.3 Å². The molecule has 3 nitrogen and oxygen atoms in total. The summed E-state index contributed by atoms with van der Waals surface area (Å²) in [5, 5.41) is 2.58. The van der Waals surface area contributed by atoms with Gasteiger partial charge in [-0.1, -0.05) is 6.58 Å². The Morgan fingerprint density at radius 2 is 2.22 bits per heavy atom. The summed E-state index contributed by atoms with van der Waals surface area (Å²) in [7, 11) is 0. The van der Waals surface area contributed by atoms with Gasteiger partial charge in [-0.2, -0.15) is 0 Å². The zero-order valence-corrected chi connectivity index (χ0v) is 5.52. The van der Waals surface area contributed by atoms with Gasteiger partial charge in [-0.3, -0.25) is 0 Å². The van der Waals surface area contributed by atoms with Crippen molar-refractivity contribution in [3.8, 4) is 0 Å². The minimum absolute atomic E-state index is 0.392. The number of ether oxygens (including phenoxy) is 1. The lowest BCUT2D eigenvalue weighted by Crippen LogP contribution is -2.35. The van der Waals surface area contributed by atoms with Crippen molar-refractivity contribution in [2.24, 2.45) is 0 Å². The molecular formula is C6H9NO2. The van der Waals surface area contributed by atoms with Gasteiger partial charge in [0.1, 0.15) is 5.76 Å². The van der Waals surface area contributed by atoms with E-state index in [9.17, 15) is 4.79 Å². The first-order valence-electron chi connectivity index (χ1n) is 2.72. The minimum atomic E-state index is -0.412. The molecular weight excluding hydrogens is 118 g/mol. The molecule has 0 saturated carbocycles. The molecule has 1 amide bonds. The molecule has 1 aliphatic heterocycles. The zero-order chi connectivity index (χ0) is 7.07. The highest BCUT2D eigenvalue weighted by Gasteiger charge is 2.34. The summed E-state index contributed by atoms with van der Waals surface area (Å²) in [6.07, 6.45) is -0.412. The van der Waals surface area contributed by atoms with E-state index in [0.29, 0.717) is 5.76 Å². The first kappa shape index (κ1) is 6.13. The monoisotopic (exact) mass is 127 g/mol. The van der Waals surface area contributed by atoms with Crippen LogP contribution in [0.15, 0.2) is 12.3 Å². The van der Waals surface area contributed by atoms with Crippen molar-refractivity contribution >= 4 is 6.09 Å². The highest BCUT2D eigenvalue weighted by molar-refractivity contribution is 5.73. The van der Waals surface area contributed by atoms with Crippen LogP contribution in [-0.4, -0.2) is 11.6 Å². The van der Waals surface area contributed by atoms with Crippen LogP contribution in [0.3, 0.4) is 0 Å². The van der Waals surface area contributed by atoms with Crippen LogP contribution in [0.5, 0.6) is 0 Å². The number of nitrogens with one attached hydrogen (secondary N) is 1. The average Bonchev–Trinajstić information content (AvgIpc) is 1.79. The van der Waals surface area contributed by atoms with E-state index in [-0.39, 0.29) is 0 Å². The molecule has 0 atom stereocenters. The third-order valence-electron chi connectivity index (χ3n) is 1.33. The molecule has 1 fully saturated rings. The van der Waals surface area contributed by atoms with Crippen molar-refractivity contribution in [3.05, 3.63) is 12.3 Å². The van der Waals surface area contributed by atoms with Gasteiger partial charge in [-0.05, 0) is 13.8 Å². The molecule has 1 aliphatic rings. The second kappa shape index (κ2) is 1.50. The Morgan fingerprint density at radius 3 is 2.33 bits per heavy atom. The van der Waals surface area contributed by atoms with E-state index in [1.165, 1.54) is 0 Å². The second-order valence-electron chi connectivity index (χ2n) is 2.56. The normalized spacial score (nSPS) is 23.3. The second-order valence-corrected chi connectivity index (χ2v) is 2.56. The van der Waals surface area contributed by atoms with Crippen LogP contribution < -0.4 is 5.32 Å². The Kier molecular flexibility index (Phi) is 1.02. The van der Waals surface area contributed by atoms with E-state index in [2.05, 4.69) is 16.6 Å². The van der Waals surface area contributed by atoms with Gasteiger partial charge < -0.3 is 10.1 Å². The lowest BCUT2D eigenvalue weighted by Gasteiger charge is -2.13. The Hall–Kier alpha value is -0.990. The van der Waals surface area contributed by atoms with Crippen LogP contribution in [0.25, 0.3) is 0 Å². The number of hydrogen-bond donors (Lipinski definition) is 1. The molecule has 0 aromatic carbocycles. The van der Waals surface area contributed by atoms with Crippen molar-refractivity contribution in [2.75, 3.05) is 0 Å². The highest BCUT2D eigenvalue weighted by atomic mass is 16.6. The molecule has 0 spiro atoms. The maximum absolute atomic E-state index is 10.5. The Labute approximate surface area is 53.7 Å². The summed E-state index contributed by atoms with van der Waals surface area (Å²) in [5.41, 5.74) is -0.392. The van der Waals surface area contributed by atoms with Gasteiger partial charge >= 0.3 is 6.09 Å². The molecule has 0 radical (unpaired) electrons. The van der Waals surface area contributed by atoms with Gasteiger partial charge in [0, 0.05) is 0 Å². The molecule has 0 unspecified atom stereocenters. The van der Waals surface area contributed by atoms with Crippen molar-refractivity contribution in [2.45, 2.75) is 19.4 Å². The van der Waals surface area contributed by atoms with Gasteiger partial charge in [0.2, 0.25) is 0 Å². The molecule has 50 valence electrons. The van der Waals surface area contributed by atoms with Crippen LogP contribution >= 0.6 is 0 Å². The Morgan fingerprint density at radius 1 is 1.67 bits per heavy atom. The Bertz CT molecular complexity index is 172. The predicted octanol–water partition coefficient (Wildman–Crippen LogP) is 1.02. The van der Waals surface area contributed by atoms with Gasteiger partial charge in [0.15, 0.2) is 0 Å². The third kappa shape index (κ3) is 0.896. The van der Waals surface area contributed by atoms with Crippen LogP contribution in [0, 0.1) is 0 Å². The quantitative estimate of drug-likeness (QED) is 0.527. The minimum Gasteiger partial charge on any atom is -0.413 e. The van der Waals surface area contributed by atoms with E-state index in [4.69, 9.17) is 0 Å². The van der Waals surface area contributed by atoms with E-state index in [0.717, 1.165) is 0 Å².